The van der Waals surface area contributed by atoms with Crippen LogP contribution in [0.5, 0.6) is 0 Å². The molecule has 0 N–H and O–H groups in total. The Morgan fingerprint density at radius 3 is 1.53 bits per heavy atom. The SMILES string of the molecule is CS(=O)(=O)OC[C@@H]1C2OC2[C@@H]1COS(C)(=O)=O. The number of fused-ring (bicyclic) bond motifs is 1. The van der Waals surface area contributed by atoms with Crippen molar-refractivity contribution >= 4 is 20.2 Å². The van der Waals surface area contributed by atoms with Crippen LogP contribution in [0.2, 0.25) is 0 Å². The maximum absolute atomic E-state index is 10.8. The van der Waals surface area contributed by atoms with Crippen LogP contribution in [0.1, 0.15) is 0 Å². The van der Waals surface area contributed by atoms with Crippen molar-refractivity contribution in [2.75, 3.05) is 25.7 Å². The first-order valence-electron chi connectivity index (χ1n) is 5.02. The van der Waals surface area contributed by atoms with Gasteiger partial charge in [-0.05, 0) is 0 Å². The first-order chi connectivity index (χ1) is 7.67. The van der Waals surface area contributed by atoms with Crippen LogP contribution < -0.4 is 0 Å². The molecule has 0 radical (unpaired) electrons. The summed E-state index contributed by atoms with van der Waals surface area (Å²) in [5.74, 6) is -0.229. The van der Waals surface area contributed by atoms with Crippen LogP contribution in [0, 0.1) is 11.8 Å². The van der Waals surface area contributed by atoms with Gasteiger partial charge in [-0.2, -0.15) is 16.8 Å². The van der Waals surface area contributed by atoms with Gasteiger partial charge in [0.2, 0.25) is 0 Å². The highest BCUT2D eigenvalue weighted by Gasteiger charge is 2.64. The zero-order valence-electron chi connectivity index (χ0n) is 9.40. The molecule has 9 heteroatoms. The second-order valence-corrected chi connectivity index (χ2v) is 7.66. The lowest BCUT2D eigenvalue weighted by molar-refractivity contribution is 0.104. The first kappa shape index (κ1) is 13.2. The number of epoxide rings is 1. The maximum Gasteiger partial charge on any atom is 0.264 e. The van der Waals surface area contributed by atoms with Crippen molar-refractivity contribution in [2.45, 2.75) is 12.2 Å². The number of ether oxygens (including phenoxy) is 1. The van der Waals surface area contributed by atoms with Gasteiger partial charge in [-0.15, -0.1) is 0 Å². The van der Waals surface area contributed by atoms with E-state index in [-0.39, 0.29) is 37.3 Å². The molecule has 2 rings (SSSR count). The molecule has 0 spiro atoms. The Morgan fingerprint density at radius 1 is 0.882 bits per heavy atom. The summed E-state index contributed by atoms with van der Waals surface area (Å²) in [7, 11) is -6.96. The molecule has 1 saturated carbocycles. The van der Waals surface area contributed by atoms with Crippen LogP contribution in [-0.4, -0.2) is 54.8 Å². The fourth-order valence-electron chi connectivity index (χ4n) is 2.01. The second kappa shape index (κ2) is 4.16. The molecule has 0 bridgehead atoms. The van der Waals surface area contributed by atoms with Gasteiger partial charge in [0.15, 0.2) is 0 Å². The average Bonchev–Trinajstić information content (AvgIpc) is 2.76. The van der Waals surface area contributed by atoms with Crippen molar-refractivity contribution in [1.29, 1.82) is 0 Å². The molecule has 1 heterocycles. The summed E-state index contributed by atoms with van der Waals surface area (Å²) < 4.78 is 57.9. The van der Waals surface area contributed by atoms with E-state index in [0.29, 0.717) is 0 Å². The van der Waals surface area contributed by atoms with Crippen LogP contribution in [-0.2, 0) is 33.3 Å². The number of rotatable bonds is 6. The molecule has 7 nitrogen and oxygen atoms in total. The van der Waals surface area contributed by atoms with Gasteiger partial charge in [-0.3, -0.25) is 8.37 Å². The standard InChI is InChI=1S/C8H14O7S2/c1-16(9,10)13-3-5-6(8-7(5)15-8)4-14-17(2,11)12/h5-8H,3-4H2,1-2H3/t5-,6+,7?,8?. The summed E-state index contributed by atoms with van der Waals surface area (Å²) in [5, 5.41) is 0. The Balaban J connectivity index is 1.83. The van der Waals surface area contributed by atoms with Gasteiger partial charge in [0.1, 0.15) is 0 Å². The van der Waals surface area contributed by atoms with Crippen molar-refractivity contribution in [3.63, 3.8) is 0 Å². The van der Waals surface area contributed by atoms with Gasteiger partial charge in [-0.25, -0.2) is 0 Å². The Labute approximate surface area is 100 Å². The van der Waals surface area contributed by atoms with Crippen LogP contribution in [0.3, 0.4) is 0 Å². The van der Waals surface area contributed by atoms with Crippen molar-refractivity contribution in [3.8, 4) is 0 Å². The highest BCUT2D eigenvalue weighted by atomic mass is 32.2. The molecule has 17 heavy (non-hydrogen) atoms. The Bertz CT molecular complexity index is 448. The van der Waals surface area contributed by atoms with Gasteiger partial charge < -0.3 is 4.74 Å². The molecule has 4 atom stereocenters. The smallest absolute Gasteiger partial charge is 0.264 e. The summed E-state index contributed by atoms with van der Waals surface area (Å²) in [5.41, 5.74) is 0. The summed E-state index contributed by atoms with van der Waals surface area (Å²) in [6.45, 7) is 0.0234. The van der Waals surface area contributed by atoms with E-state index in [9.17, 15) is 16.8 Å². The Kier molecular flexibility index (Phi) is 3.24. The lowest BCUT2D eigenvalue weighted by Crippen LogP contribution is -2.43. The quantitative estimate of drug-likeness (QED) is 0.454. The van der Waals surface area contributed by atoms with Crippen molar-refractivity contribution in [3.05, 3.63) is 0 Å². The summed E-state index contributed by atoms with van der Waals surface area (Å²) >= 11 is 0. The van der Waals surface area contributed by atoms with E-state index >= 15 is 0 Å². The molecule has 2 unspecified atom stereocenters. The molecule has 2 fully saturated rings. The highest BCUT2D eigenvalue weighted by molar-refractivity contribution is 7.86. The molecular formula is C8H14O7S2. The topological polar surface area (TPSA) is 99.3 Å². The average molecular weight is 286 g/mol. The first-order valence-corrected chi connectivity index (χ1v) is 8.65. The Morgan fingerprint density at radius 2 is 1.24 bits per heavy atom. The lowest BCUT2D eigenvalue weighted by atomic mass is 9.75. The molecule has 1 aliphatic carbocycles. The molecule has 0 aromatic rings. The van der Waals surface area contributed by atoms with Crippen LogP contribution in [0.4, 0.5) is 0 Å². The maximum atomic E-state index is 10.8. The summed E-state index contributed by atoms with van der Waals surface area (Å²) in [4.78, 5) is 0. The van der Waals surface area contributed by atoms with Gasteiger partial charge in [0.05, 0.1) is 37.9 Å². The lowest BCUT2D eigenvalue weighted by Gasteiger charge is -2.30. The molecule has 0 aromatic carbocycles. The largest absolute Gasteiger partial charge is 0.369 e. The zero-order chi connectivity index (χ0) is 12.8. The normalized spacial score (nSPS) is 36.1. The predicted molar refractivity (Wildman–Crippen MR) is 57.2 cm³/mol. The fraction of sp³-hybridized carbons (Fsp3) is 1.00. The van der Waals surface area contributed by atoms with E-state index in [1.165, 1.54) is 0 Å². The van der Waals surface area contributed by atoms with E-state index in [1.54, 1.807) is 0 Å². The molecule has 1 saturated heterocycles. The van der Waals surface area contributed by atoms with E-state index < -0.39 is 20.2 Å². The monoisotopic (exact) mass is 286 g/mol. The van der Waals surface area contributed by atoms with Gasteiger partial charge in [0, 0.05) is 11.8 Å². The zero-order valence-corrected chi connectivity index (χ0v) is 11.0. The minimum atomic E-state index is -3.48. The Hall–Kier alpha value is -0.220. The minimum Gasteiger partial charge on any atom is -0.369 e. The molecule has 0 aromatic heterocycles. The van der Waals surface area contributed by atoms with E-state index in [0.717, 1.165) is 12.5 Å². The predicted octanol–water partition coefficient (Wildman–Crippen LogP) is -1.05. The highest BCUT2D eigenvalue weighted by Crippen LogP contribution is 2.52. The number of hydrogen-bond donors (Lipinski definition) is 0. The summed E-state index contributed by atoms with van der Waals surface area (Å²) in [6, 6.07) is 0. The molecule has 2 aliphatic rings. The van der Waals surface area contributed by atoms with Crippen LogP contribution in [0.25, 0.3) is 0 Å². The summed E-state index contributed by atoms with van der Waals surface area (Å²) in [6.07, 6.45) is 1.92. The third-order valence-electron chi connectivity index (χ3n) is 2.90. The fourth-order valence-corrected chi connectivity index (χ4v) is 2.82. The van der Waals surface area contributed by atoms with Gasteiger partial charge in [-0.1, -0.05) is 0 Å². The van der Waals surface area contributed by atoms with Crippen LogP contribution >= 0.6 is 0 Å². The van der Waals surface area contributed by atoms with Gasteiger partial charge in [0.25, 0.3) is 20.2 Å². The van der Waals surface area contributed by atoms with Crippen LogP contribution in [0.15, 0.2) is 0 Å². The van der Waals surface area contributed by atoms with Crippen molar-refractivity contribution in [2.24, 2.45) is 11.8 Å². The molecule has 0 amide bonds. The third-order valence-corrected chi connectivity index (χ3v) is 4.03. The second-order valence-electron chi connectivity index (χ2n) is 4.37. The minimum absolute atomic E-state index is 0.00934. The van der Waals surface area contributed by atoms with E-state index in [4.69, 9.17) is 4.74 Å². The van der Waals surface area contributed by atoms with Crippen molar-refractivity contribution in [1.82, 2.24) is 0 Å². The molecule has 1 aliphatic heterocycles. The van der Waals surface area contributed by atoms with Crippen molar-refractivity contribution < 1.29 is 29.9 Å². The molecule has 100 valence electrons. The van der Waals surface area contributed by atoms with Gasteiger partial charge >= 0.3 is 0 Å². The molecular weight excluding hydrogens is 272 g/mol. The van der Waals surface area contributed by atoms with E-state index in [2.05, 4.69) is 8.37 Å². The van der Waals surface area contributed by atoms with E-state index in [1.807, 2.05) is 0 Å². The number of hydrogen-bond acceptors (Lipinski definition) is 7. The third kappa shape index (κ3) is 3.38.